The zero-order valence-corrected chi connectivity index (χ0v) is 17.0. The molecule has 5 rings (SSSR count). The summed E-state index contributed by atoms with van der Waals surface area (Å²) in [5.74, 6) is 1.96. The number of ether oxygens (including phenoxy) is 2. The zero-order chi connectivity index (χ0) is 19.6. The first-order valence-corrected chi connectivity index (χ1v) is 10.5. The molecule has 4 heterocycles. The van der Waals surface area contributed by atoms with Crippen molar-refractivity contribution in [3.05, 3.63) is 41.3 Å². The van der Waals surface area contributed by atoms with Crippen LogP contribution in [0.3, 0.4) is 0 Å². The third-order valence-electron chi connectivity index (χ3n) is 5.67. The van der Waals surface area contributed by atoms with Crippen molar-refractivity contribution in [2.24, 2.45) is 0 Å². The van der Waals surface area contributed by atoms with Gasteiger partial charge in [0.05, 0.1) is 36.9 Å². The highest BCUT2D eigenvalue weighted by Gasteiger charge is 2.25. The predicted molar refractivity (Wildman–Crippen MR) is 111 cm³/mol. The normalized spacial score (nSPS) is 20.5. The second kappa shape index (κ2) is 8.36. The molecule has 0 aliphatic carbocycles. The summed E-state index contributed by atoms with van der Waals surface area (Å²) in [5, 5.41) is 6.51. The van der Waals surface area contributed by atoms with Gasteiger partial charge in [-0.15, -0.1) is 0 Å². The van der Waals surface area contributed by atoms with E-state index >= 15 is 0 Å². The van der Waals surface area contributed by atoms with E-state index in [1.165, 1.54) is 0 Å². The molecule has 0 radical (unpaired) electrons. The van der Waals surface area contributed by atoms with Crippen LogP contribution in [-0.4, -0.2) is 70.7 Å². The largest absolute Gasteiger partial charge is 0.381 e. The van der Waals surface area contributed by atoms with E-state index < -0.39 is 0 Å². The van der Waals surface area contributed by atoms with E-state index in [1.807, 2.05) is 28.9 Å². The number of hydrogen-bond acceptors (Lipinski definition) is 6. The molecule has 0 spiro atoms. The fourth-order valence-electron chi connectivity index (χ4n) is 4.01. The van der Waals surface area contributed by atoms with Crippen LogP contribution in [0.25, 0.3) is 22.3 Å². The molecule has 2 fully saturated rings. The van der Waals surface area contributed by atoms with Gasteiger partial charge in [-0.1, -0.05) is 11.6 Å². The number of aromatic nitrogens is 4. The molecule has 3 aromatic rings. The summed E-state index contributed by atoms with van der Waals surface area (Å²) in [6, 6.07) is 7.82. The van der Waals surface area contributed by atoms with Crippen LogP contribution >= 0.6 is 11.6 Å². The molecule has 29 heavy (non-hydrogen) atoms. The number of benzene rings is 1. The van der Waals surface area contributed by atoms with Gasteiger partial charge in [0.2, 0.25) is 0 Å². The van der Waals surface area contributed by atoms with Crippen LogP contribution in [0.5, 0.6) is 0 Å². The fraction of sp³-hybridized carbons (Fsp3) is 0.476. The first-order chi connectivity index (χ1) is 14.3. The standard InChI is InChI=1S/C21H24ClN5O2/c22-18-4-3-17(19-16(18)2-1-6-23-19)21-24-20(15-5-11-29-14-15)25-27(21)8-7-26-9-12-28-13-10-26/h1-4,6,15H,5,7-14H2. The molecular weight excluding hydrogens is 390 g/mol. The molecule has 2 aliphatic heterocycles. The molecule has 7 nitrogen and oxygen atoms in total. The smallest absolute Gasteiger partial charge is 0.160 e. The monoisotopic (exact) mass is 413 g/mol. The Morgan fingerprint density at radius 1 is 1.07 bits per heavy atom. The average Bonchev–Trinajstić information content (AvgIpc) is 3.44. The summed E-state index contributed by atoms with van der Waals surface area (Å²) in [7, 11) is 0. The van der Waals surface area contributed by atoms with Gasteiger partial charge in [0, 0.05) is 49.3 Å². The second-order valence-electron chi connectivity index (χ2n) is 7.53. The third kappa shape index (κ3) is 3.88. The molecule has 2 aliphatic rings. The lowest BCUT2D eigenvalue weighted by atomic mass is 10.1. The maximum atomic E-state index is 6.41. The zero-order valence-electron chi connectivity index (χ0n) is 16.3. The number of morpholine rings is 1. The summed E-state index contributed by atoms with van der Waals surface area (Å²) in [4.78, 5) is 12.0. The Bertz CT molecular complexity index is 996. The van der Waals surface area contributed by atoms with Gasteiger partial charge in [-0.25, -0.2) is 9.67 Å². The second-order valence-corrected chi connectivity index (χ2v) is 7.93. The van der Waals surface area contributed by atoms with E-state index in [1.54, 1.807) is 6.20 Å². The third-order valence-corrected chi connectivity index (χ3v) is 6.00. The average molecular weight is 414 g/mol. The van der Waals surface area contributed by atoms with Crippen molar-refractivity contribution >= 4 is 22.5 Å². The number of halogens is 1. The van der Waals surface area contributed by atoms with E-state index in [0.29, 0.717) is 11.6 Å². The summed E-state index contributed by atoms with van der Waals surface area (Å²) < 4.78 is 13.1. The van der Waals surface area contributed by atoms with Crippen LogP contribution in [0.1, 0.15) is 18.2 Å². The molecule has 8 heteroatoms. The Labute approximate surface area is 174 Å². The summed E-state index contributed by atoms with van der Waals surface area (Å²) in [6.45, 7) is 6.64. The van der Waals surface area contributed by atoms with Gasteiger partial charge in [0.25, 0.3) is 0 Å². The van der Waals surface area contributed by atoms with Crippen molar-refractivity contribution in [1.29, 1.82) is 0 Å². The van der Waals surface area contributed by atoms with Crippen LogP contribution in [0, 0.1) is 0 Å². The molecule has 1 atom stereocenters. The highest BCUT2D eigenvalue weighted by Crippen LogP contribution is 2.32. The fourth-order valence-corrected chi connectivity index (χ4v) is 4.22. The lowest BCUT2D eigenvalue weighted by Crippen LogP contribution is -2.38. The van der Waals surface area contributed by atoms with Crippen LogP contribution in [-0.2, 0) is 16.0 Å². The summed E-state index contributed by atoms with van der Waals surface area (Å²) in [6.07, 6.45) is 2.76. The van der Waals surface area contributed by atoms with E-state index in [0.717, 1.165) is 80.5 Å². The lowest BCUT2D eigenvalue weighted by Gasteiger charge is -2.26. The Kier molecular flexibility index (Phi) is 5.46. The first kappa shape index (κ1) is 18.9. The number of rotatable bonds is 5. The van der Waals surface area contributed by atoms with Gasteiger partial charge in [-0.3, -0.25) is 9.88 Å². The van der Waals surface area contributed by atoms with Crippen molar-refractivity contribution in [3.8, 4) is 11.4 Å². The molecule has 2 saturated heterocycles. The van der Waals surface area contributed by atoms with Crippen molar-refractivity contribution < 1.29 is 9.47 Å². The van der Waals surface area contributed by atoms with Crippen molar-refractivity contribution in [3.63, 3.8) is 0 Å². The van der Waals surface area contributed by atoms with E-state index in [2.05, 4.69) is 9.88 Å². The van der Waals surface area contributed by atoms with Crippen molar-refractivity contribution in [1.82, 2.24) is 24.6 Å². The van der Waals surface area contributed by atoms with Gasteiger partial charge in [-0.2, -0.15) is 5.10 Å². The Hall–Kier alpha value is -2.06. The van der Waals surface area contributed by atoms with Crippen LogP contribution < -0.4 is 0 Å². The Morgan fingerprint density at radius 2 is 1.97 bits per heavy atom. The topological polar surface area (TPSA) is 65.3 Å². The Balaban J connectivity index is 1.53. The van der Waals surface area contributed by atoms with Gasteiger partial charge in [-0.05, 0) is 30.7 Å². The first-order valence-electron chi connectivity index (χ1n) is 10.2. The molecule has 0 N–H and O–H groups in total. The minimum Gasteiger partial charge on any atom is -0.381 e. The van der Waals surface area contributed by atoms with E-state index in [9.17, 15) is 0 Å². The quantitative estimate of drug-likeness (QED) is 0.640. The number of nitrogens with zero attached hydrogens (tertiary/aromatic N) is 5. The van der Waals surface area contributed by atoms with Crippen molar-refractivity contribution in [2.45, 2.75) is 18.9 Å². The maximum Gasteiger partial charge on any atom is 0.160 e. The SMILES string of the molecule is Clc1ccc(-c2nc(C3CCOC3)nn2CCN2CCOCC2)c2ncccc12. The molecule has 1 unspecified atom stereocenters. The lowest BCUT2D eigenvalue weighted by molar-refractivity contribution is 0.0360. The van der Waals surface area contributed by atoms with Crippen LogP contribution in [0.4, 0.5) is 0 Å². The predicted octanol–water partition coefficient (Wildman–Crippen LogP) is 2.98. The van der Waals surface area contributed by atoms with Crippen LogP contribution in [0.2, 0.25) is 5.02 Å². The highest BCUT2D eigenvalue weighted by atomic mass is 35.5. The Morgan fingerprint density at radius 3 is 2.79 bits per heavy atom. The van der Waals surface area contributed by atoms with Crippen molar-refractivity contribution in [2.75, 3.05) is 46.1 Å². The maximum absolute atomic E-state index is 6.41. The van der Waals surface area contributed by atoms with E-state index in [4.69, 9.17) is 31.2 Å². The number of hydrogen-bond donors (Lipinski definition) is 0. The minimum atomic E-state index is 0.255. The molecule has 2 aromatic heterocycles. The summed E-state index contributed by atoms with van der Waals surface area (Å²) in [5.41, 5.74) is 1.82. The number of pyridine rings is 1. The molecule has 152 valence electrons. The highest BCUT2D eigenvalue weighted by molar-refractivity contribution is 6.35. The van der Waals surface area contributed by atoms with Gasteiger partial charge in [0.1, 0.15) is 0 Å². The molecule has 0 bridgehead atoms. The minimum absolute atomic E-state index is 0.255. The summed E-state index contributed by atoms with van der Waals surface area (Å²) >= 11 is 6.41. The van der Waals surface area contributed by atoms with Gasteiger partial charge in [0.15, 0.2) is 11.6 Å². The van der Waals surface area contributed by atoms with Gasteiger partial charge < -0.3 is 9.47 Å². The van der Waals surface area contributed by atoms with Crippen LogP contribution in [0.15, 0.2) is 30.5 Å². The van der Waals surface area contributed by atoms with E-state index in [-0.39, 0.29) is 5.92 Å². The molecular formula is C21H24ClN5O2. The molecule has 0 amide bonds. The molecule has 1 aromatic carbocycles. The van der Waals surface area contributed by atoms with Gasteiger partial charge >= 0.3 is 0 Å². The molecule has 0 saturated carbocycles. The number of fused-ring (bicyclic) bond motifs is 1.